The number of para-hydroxylation sites is 2. The first-order valence-corrected chi connectivity index (χ1v) is 13.0. The lowest BCUT2D eigenvalue weighted by Gasteiger charge is -2.33. The highest BCUT2D eigenvalue weighted by Crippen LogP contribution is 2.41. The van der Waals surface area contributed by atoms with Gasteiger partial charge < -0.3 is 30.2 Å². The molecule has 0 saturated carbocycles. The molecule has 10 nitrogen and oxygen atoms in total. The predicted octanol–water partition coefficient (Wildman–Crippen LogP) is 3.63. The van der Waals surface area contributed by atoms with Gasteiger partial charge in [0.05, 0.1) is 35.6 Å². The van der Waals surface area contributed by atoms with Crippen LogP contribution in [0.1, 0.15) is 31.8 Å². The minimum atomic E-state index is -1.80. The third-order valence-corrected chi connectivity index (χ3v) is 7.03. The molecule has 0 heterocycles. The maximum Gasteiger partial charge on any atom is 0.334 e. The second-order valence-electron chi connectivity index (χ2n) is 9.66. The number of carbonyl (C=O) groups is 4. The van der Waals surface area contributed by atoms with E-state index in [2.05, 4.69) is 0 Å². The lowest BCUT2D eigenvalue weighted by atomic mass is 9.81. The van der Waals surface area contributed by atoms with Gasteiger partial charge in [0, 0.05) is 22.5 Å². The lowest BCUT2D eigenvalue weighted by Crippen LogP contribution is -2.37. The van der Waals surface area contributed by atoms with Crippen LogP contribution in [0.4, 0.5) is 22.7 Å². The van der Waals surface area contributed by atoms with E-state index >= 15 is 0 Å². The molecule has 1 aliphatic rings. The number of rotatable bonds is 10. The first-order chi connectivity index (χ1) is 20.2. The Bertz CT molecular complexity index is 1550. The zero-order chi connectivity index (χ0) is 30.0. The Morgan fingerprint density at radius 3 is 1.29 bits per heavy atom. The summed E-state index contributed by atoms with van der Waals surface area (Å²) in [6, 6.07) is 26.5. The first kappa shape index (κ1) is 28.2. The van der Waals surface area contributed by atoms with Crippen LogP contribution in [0.25, 0.3) is 0 Å². The number of carbonyl (C=O) groups excluding carboxylic acids is 2. The number of hydrogen-bond donors (Lipinski definition) is 4. The average molecular weight is 567 g/mol. The van der Waals surface area contributed by atoms with Crippen molar-refractivity contribution in [3.05, 3.63) is 119 Å². The number of aliphatic hydroxyl groups is 2. The van der Waals surface area contributed by atoms with E-state index in [9.17, 15) is 39.6 Å². The molecule has 5 rings (SSSR count). The van der Waals surface area contributed by atoms with Crippen molar-refractivity contribution in [2.45, 2.75) is 12.2 Å². The summed E-state index contributed by atoms with van der Waals surface area (Å²) in [6.45, 7) is -0.820. The molecule has 2 atom stereocenters. The SMILES string of the molecule is O=C1c2cccc(N(CC(O)C(=O)O)c3ccccc3)c2C(=O)c2c1cccc2N(CC(O)C(=O)O)c1ccccc1. The van der Waals surface area contributed by atoms with Gasteiger partial charge in [-0.1, -0.05) is 60.7 Å². The van der Waals surface area contributed by atoms with E-state index in [1.165, 1.54) is 21.9 Å². The van der Waals surface area contributed by atoms with Crippen LogP contribution in [0.3, 0.4) is 0 Å². The van der Waals surface area contributed by atoms with E-state index in [4.69, 9.17) is 0 Å². The van der Waals surface area contributed by atoms with Gasteiger partial charge in [0.2, 0.25) is 0 Å². The van der Waals surface area contributed by atoms with Gasteiger partial charge in [-0.15, -0.1) is 0 Å². The van der Waals surface area contributed by atoms with E-state index in [0.717, 1.165) is 0 Å². The number of fused-ring (bicyclic) bond motifs is 2. The zero-order valence-electron chi connectivity index (χ0n) is 22.1. The number of aliphatic carboxylic acids is 2. The molecular weight excluding hydrogens is 540 g/mol. The van der Waals surface area contributed by atoms with Crippen LogP contribution in [0, 0.1) is 0 Å². The van der Waals surface area contributed by atoms with Gasteiger partial charge >= 0.3 is 11.9 Å². The summed E-state index contributed by atoms with van der Waals surface area (Å²) in [4.78, 5) is 54.4. The van der Waals surface area contributed by atoms with Crippen molar-refractivity contribution in [1.82, 2.24) is 0 Å². The minimum absolute atomic E-state index is 0.00989. The van der Waals surface area contributed by atoms with E-state index in [1.807, 2.05) is 0 Å². The molecule has 212 valence electrons. The van der Waals surface area contributed by atoms with Gasteiger partial charge in [0.1, 0.15) is 0 Å². The number of nitrogens with zero attached hydrogens (tertiary/aromatic N) is 2. The van der Waals surface area contributed by atoms with E-state index in [0.29, 0.717) is 11.4 Å². The van der Waals surface area contributed by atoms with Crippen LogP contribution < -0.4 is 9.80 Å². The number of carboxylic acids is 2. The number of carboxylic acid groups (broad SMARTS) is 2. The topological polar surface area (TPSA) is 156 Å². The Kier molecular flexibility index (Phi) is 7.83. The Labute approximate surface area is 240 Å². The second kappa shape index (κ2) is 11.7. The maximum atomic E-state index is 14.4. The molecule has 42 heavy (non-hydrogen) atoms. The average Bonchev–Trinajstić information content (AvgIpc) is 3.01. The summed E-state index contributed by atoms with van der Waals surface area (Å²) in [7, 11) is 0. The molecule has 4 aromatic rings. The molecule has 0 spiro atoms. The van der Waals surface area contributed by atoms with Gasteiger partial charge in [-0.25, -0.2) is 9.59 Å². The molecule has 4 N–H and O–H groups in total. The second-order valence-corrected chi connectivity index (χ2v) is 9.66. The standard InChI is InChI=1S/C32H26N2O8/c35-25(31(39)40)17-33(19-9-3-1-4-10-19)23-15-7-13-21-27(23)30(38)28-22(29(21)37)14-8-16-24(28)34(18-26(36)32(41)42)20-11-5-2-6-12-20/h1-16,25-26,35-36H,17-18H2,(H,39,40)(H,41,42). The van der Waals surface area contributed by atoms with Gasteiger partial charge in [-0.05, 0) is 36.4 Å². The molecular formula is C32H26N2O8. The van der Waals surface area contributed by atoms with Gasteiger partial charge in [-0.2, -0.15) is 0 Å². The van der Waals surface area contributed by atoms with Crippen molar-refractivity contribution in [2.75, 3.05) is 22.9 Å². The summed E-state index contributed by atoms with van der Waals surface area (Å²) in [5, 5.41) is 39.5. The molecule has 0 aromatic heterocycles. The van der Waals surface area contributed by atoms with Crippen molar-refractivity contribution in [3.63, 3.8) is 0 Å². The molecule has 2 unspecified atom stereocenters. The number of ketones is 2. The molecule has 4 aromatic carbocycles. The van der Waals surface area contributed by atoms with Crippen LogP contribution in [-0.2, 0) is 9.59 Å². The number of anilines is 4. The minimum Gasteiger partial charge on any atom is -0.479 e. The number of hydrogen-bond acceptors (Lipinski definition) is 8. The Morgan fingerprint density at radius 2 is 0.929 bits per heavy atom. The maximum absolute atomic E-state index is 14.4. The zero-order valence-corrected chi connectivity index (χ0v) is 22.1. The van der Waals surface area contributed by atoms with Gasteiger partial charge in [0.15, 0.2) is 23.8 Å². The highest BCUT2D eigenvalue weighted by molar-refractivity contribution is 6.32. The summed E-state index contributed by atoms with van der Waals surface area (Å²) in [5.74, 6) is -3.92. The third-order valence-electron chi connectivity index (χ3n) is 7.03. The Morgan fingerprint density at radius 1 is 0.548 bits per heavy atom. The summed E-state index contributed by atoms with van der Waals surface area (Å²) in [5.41, 5.74) is 1.63. The van der Waals surface area contributed by atoms with Crippen LogP contribution in [0.2, 0.25) is 0 Å². The molecule has 0 amide bonds. The van der Waals surface area contributed by atoms with Crippen LogP contribution in [-0.4, -0.2) is 69.2 Å². The molecule has 0 radical (unpaired) electrons. The highest BCUT2D eigenvalue weighted by Gasteiger charge is 2.37. The van der Waals surface area contributed by atoms with Crippen LogP contribution in [0.15, 0.2) is 97.1 Å². The van der Waals surface area contributed by atoms with Crippen molar-refractivity contribution >= 4 is 46.3 Å². The van der Waals surface area contributed by atoms with E-state index in [-0.39, 0.29) is 33.6 Å². The highest BCUT2D eigenvalue weighted by atomic mass is 16.4. The monoisotopic (exact) mass is 566 g/mol. The first-order valence-electron chi connectivity index (χ1n) is 13.0. The summed E-state index contributed by atoms with van der Waals surface area (Å²) >= 11 is 0. The van der Waals surface area contributed by atoms with E-state index in [1.54, 1.807) is 84.9 Å². The van der Waals surface area contributed by atoms with E-state index < -0.39 is 48.8 Å². The van der Waals surface area contributed by atoms with Crippen molar-refractivity contribution in [2.24, 2.45) is 0 Å². The van der Waals surface area contributed by atoms with Crippen molar-refractivity contribution in [1.29, 1.82) is 0 Å². The molecule has 0 bridgehead atoms. The fourth-order valence-electron chi connectivity index (χ4n) is 5.06. The third kappa shape index (κ3) is 5.24. The Hall–Kier alpha value is -5.32. The fourth-order valence-corrected chi connectivity index (χ4v) is 5.06. The van der Waals surface area contributed by atoms with Crippen LogP contribution >= 0.6 is 0 Å². The van der Waals surface area contributed by atoms with Gasteiger partial charge in [-0.3, -0.25) is 9.59 Å². The summed E-state index contributed by atoms with van der Waals surface area (Å²) < 4.78 is 0. The molecule has 0 fully saturated rings. The number of aliphatic hydroxyl groups excluding tert-OH is 2. The smallest absolute Gasteiger partial charge is 0.334 e. The molecule has 0 aliphatic heterocycles. The van der Waals surface area contributed by atoms with Gasteiger partial charge in [0.25, 0.3) is 0 Å². The molecule has 1 aliphatic carbocycles. The fraction of sp³-hybridized carbons (Fsp3) is 0.125. The number of benzene rings is 4. The van der Waals surface area contributed by atoms with Crippen molar-refractivity contribution < 1.29 is 39.6 Å². The largest absolute Gasteiger partial charge is 0.479 e. The quantitative estimate of drug-likeness (QED) is 0.197. The Balaban J connectivity index is 1.70. The predicted molar refractivity (Wildman–Crippen MR) is 154 cm³/mol. The van der Waals surface area contributed by atoms with Crippen molar-refractivity contribution in [3.8, 4) is 0 Å². The lowest BCUT2D eigenvalue weighted by molar-refractivity contribution is -0.146. The molecule has 10 heteroatoms. The van der Waals surface area contributed by atoms with Crippen LogP contribution in [0.5, 0.6) is 0 Å². The normalized spacial score (nSPS) is 13.5. The molecule has 0 saturated heterocycles. The summed E-state index contributed by atoms with van der Waals surface area (Å²) in [6.07, 6.45) is -3.60.